The zero-order valence-electron chi connectivity index (χ0n) is 14.3. The van der Waals surface area contributed by atoms with Crippen LogP contribution in [0.1, 0.15) is 41.2 Å². The molecule has 0 radical (unpaired) electrons. The van der Waals surface area contributed by atoms with Gasteiger partial charge in [0.25, 0.3) is 11.6 Å². The van der Waals surface area contributed by atoms with Crippen LogP contribution in [0.15, 0.2) is 24.3 Å². The summed E-state index contributed by atoms with van der Waals surface area (Å²) in [4.78, 5) is 7.52. The first-order valence-electron chi connectivity index (χ1n) is 7.80. The lowest BCUT2D eigenvalue weighted by molar-refractivity contribution is -0.144. The number of anilines is 1. The summed E-state index contributed by atoms with van der Waals surface area (Å²) in [5.41, 5.74) is 3.84. The summed E-state index contributed by atoms with van der Waals surface area (Å²) in [6, 6.07) is 7.63. The SMILES string of the molecule is Cc1ccc(C)c(C(C)Nc2cc(C)nc3nc(C(F)(F)F)nn23)c1. The Morgan fingerprint density at radius 2 is 1.80 bits per heavy atom. The Hall–Kier alpha value is -2.64. The van der Waals surface area contributed by atoms with Crippen molar-refractivity contribution in [2.24, 2.45) is 0 Å². The summed E-state index contributed by atoms with van der Waals surface area (Å²) in [6.07, 6.45) is -4.61. The Morgan fingerprint density at radius 3 is 2.48 bits per heavy atom. The van der Waals surface area contributed by atoms with Crippen molar-refractivity contribution in [3.8, 4) is 0 Å². The molecule has 0 saturated heterocycles. The van der Waals surface area contributed by atoms with E-state index in [1.165, 1.54) is 0 Å². The van der Waals surface area contributed by atoms with Crippen LogP contribution in [0, 0.1) is 20.8 Å². The van der Waals surface area contributed by atoms with Gasteiger partial charge in [0.1, 0.15) is 5.82 Å². The molecule has 1 unspecified atom stereocenters. The smallest absolute Gasteiger partial charge is 0.363 e. The molecule has 0 bridgehead atoms. The van der Waals surface area contributed by atoms with Gasteiger partial charge in [0, 0.05) is 11.8 Å². The molecule has 0 spiro atoms. The average Bonchev–Trinajstić information content (AvgIpc) is 2.93. The number of aromatic nitrogens is 4. The molecule has 1 N–H and O–H groups in total. The highest BCUT2D eigenvalue weighted by atomic mass is 19.4. The predicted octanol–water partition coefficient (Wildman–Crippen LogP) is 4.24. The maximum absolute atomic E-state index is 12.9. The van der Waals surface area contributed by atoms with Crippen molar-refractivity contribution in [3.63, 3.8) is 0 Å². The molecule has 3 aromatic rings. The van der Waals surface area contributed by atoms with E-state index in [9.17, 15) is 13.2 Å². The Morgan fingerprint density at radius 1 is 1.08 bits per heavy atom. The molecular weight excluding hydrogens is 331 g/mol. The average molecular weight is 349 g/mol. The largest absolute Gasteiger partial charge is 0.453 e. The van der Waals surface area contributed by atoms with Crippen molar-refractivity contribution in [1.29, 1.82) is 0 Å². The lowest BCUT2D eigenvalue weighted by atomic mass is 10.00. The lowest BCUT2D eigenvalue weighted by Gasteiger charge is -2.19. The minimum absolute atomic E-state index is 0.0806. The normalized spacial score (nSPS) is 13.2. The van der Waals surface area contributed by atoms with Crippen molar-refractivity contribution >= 4 is 11.6 Å². The van der Waals surface area contributed by atoms with Gasteiger partial charge >= 0.3 is 6.18 Å². The molecule has 0 aliphatic rings. The van der Waals surface area contributed by atoms with E-state index in [4.69, 9.17) is 0 Å². The van der Waals surface area contributed by atoms with Gasteiger partial charge < -0.3 is 5.32 Å². The Labute approximate surface area is 142 Å². The molecule has 3 rings (SSSR count). The molecule has 0 saturated carbocycles. The zero-order chi connectivity index (χ0) is 18.4. The quantitative estimate of drug-likeness (QED) is 0.768. The van der Waals surface area contributed by atoms with Crippen molar-refractivity contribution in [1.82, 2.24) is 19.6 Å². The third kappa shape index (κ3) is 3.42. The Bertz CT molecular complexity index is 930. The van der Waals surface area contributed by atoms with E-state index in [1.807, 2.05) is 32.9 Å². The molecule has 132 valence electrons. The number of benzene rings is 1. The van der Waals surface area contributed by atoms with Crippen LogP contribution in [0.3, 0.4) is 0 Å². The fourth-order valence-corrected chi connectivity index (χ4v) is 2.74. The zero-order valence-corrected chi connectivity index (χ0v) is 14.3. The van der Waals surface area contributed by atoms with Crippen LogP contribution in [0.2, 0.25) is 0 Å². The molecule has 25 heavy (non-hydrogen) atoms. The fourth-order valence-electron chi connectivity index (χ4n) is 2.74. The highest BCUT2D eigenvalue weighted by Gasteiger charge is 2.36. The van der Waals surface area contributed by atoms with Gasteiger partial charge in [0.05, 0.1) is 6.04 Å². The van der Waals surface area contributed by atoms with Crippen LogP contribution in [-0.4, -0.2) is 19.6 Å². The number of rotatable bonds is 3. The first-order chi connectivity index (χ1) is 11.6. The molecule has 8 heteroatoms. The Kier molecular flexibility index (Phi) is 4.14. The van der Waals surface area contributed by atoms with Gasteiger partial charge in [-0.3, -0.25) is 0 Å². The molecule has 2 aromatic heterocycles. The molecule has 5 nitrogen and oxygen atoms in total. The molecule has 0 aliphatic carbocycles. The van der Waals surface area contributed by atoms with Crippen LogP contribution in [0.25, 0.3) is 5.78 Å². The monoisotopic (exact) mass is 349 g/mol. The van der Waals surface area contributed by atoms with Crippen LogP contribution < -0.4 is 5.32 Å². The van der Waals surface area contributed by atoms with Gasteiger partial charge in [-0.1, -0.05) is 23.8 Å². The second-order valence-electron chi connectivity index (χ2n) is 6.15. The third-order valence-electron chi connectivity index (χ3n) is 3.96. The number of nitrogens with zero attached hydrogens (tertiary/aromatic N) is 4. The third-order valence-corrected chi connectivity index (χ3v) is 3.96. The summed E-state index contributed by atoms with van der Waals surface area (Å²) in [5.74, 6) is -0.866. The number of hydrogen-bond acceptors (Lipinski definition) is 4. The van der Waals surface area contributed by atoms with E-state index in [1.54, 1.807) is 13.0 Å². The van der Waals surface area contributed by atoms with E-state index in [0.29, 0.717) is 11.5 Å². The molecule has 1 atom stereocenters. The number of hydrogen-bond donors (Lipinski definition) is 1. The van der Waals surface area contributed by atoms with Gasteiger partial charge in [-0.15, -0.1) is 5.10 Å². The number of fused-ring (bicyclic) bond motifs is 1. The summed E-state index contributed by atoms with van der Waals surface area (Å²) in [5, 5.41) is 6.80. The van der Waals surface area contributed by atoms with Crippen LogP contribution >= 0.6 is 0 Å². The number of halogens is 3. The predicted molar refractivity (Wildman–Crippen MR) is 88.5 cm³/mol. The maximum Gasteiger partial charge on any atom is 0.453 e. The van der Waals surface area contributed by atoms with E-state index < -0.39 is 12.0 Å². The summed E-state index contributed by atoms with van der Waals surface area (Å²) in [7, 11) is 0. The van der Waals surface area contributed by atoms with Gasteiger partial charge in [-0.25, -0.2) is 4.98 Å². The summed E-state index contributed by atoms with van der Waals surface area (Å²) in [6.45, 7) is 7.65. The topological polar surface area (TPSA) is 55.1 Å². The van der Waals surface area contributed by atoms with Crippen molar-refractivity contribution in [2.75, 3.05) is 5.32 Å². The van der Waals surface area contributed by atoms with Gasteiger partial charge in [-0.2, -0.15) is 22.7 Å². The standard InChI is InChI=1S/C17H18F3N5/c1-9-5-6-10(2)13(7-9)12(4)22-14-8-11(3)21-16-23-15(17(18,19)20)24-25(14)16/h5-8,12,22H,1-4H3. The minimum Gasteiger partial charge on any atom is -0.363 e. The Balaban J connectivity index is 2.03. The van der Waals surface area contributed by atoms with Crippen molar-refractivity contribution in [3.05, 3.63) is 52.5 Å². The van der Waals surface area contributed by atoms with Crippen LogP contribution in [0.4, 0.5) is 19.0 Å². The highest BCUT2D eigenvalue weighted by Crippen LogP contribution is 2.28. The lowest BCUT2D eigenvalue weighted by Crippen LogP contribution is -2.13. The molecule has 2 heterocycles. The minimum atomic E-state index is -4.61. The molecule has 0 aliphatic heterocycles. The maximum atomic E-state index is 12.9. The summed E-state index contributed by atoms with van der Waals surface area (Å²) < 4.78 is 39.8. The first kappa shape index (κ1) is 17.2. The van der Waals surface area contributed by atoms with E-state index in [-0.39, 0.29) is 11.8 Å². The van der Waals surface area contributed by atoms with Gasteiger partial charge in [0.2, 0.25) is 0 Å². The summed E-state index contributed by atoms with van der Waals surface area (Å²) >= 11 is 0. The van der Waals surface area contributed by atoms with Crippen LogP contribution in [-0.2, 0) is 6.18 Å². The van der Waals surface area contributed by atoms with Gasteiger partial charge in [-0.05, 0) is 38.8 Å². The van der Waals surface area contributed by atoms with Crippen LogP contribution in [0.5, 0.6) is 0 Å². The van der Waals surface area contributed by atoms with Gasteiger partial charge in [0.15, 0.2) is 0 Å². The molecule has 0 fully saturated rings. The van der Waals surface area contributed by atoms with Crippen molar-refractivity contribution < 1.29 is 13.2 Å². The van der Waals surface area contributed by atoms with Crippen molar-refractivity contribution in [2.45, 2.75) is 39.9 Å². The molecule has 1 aromatic carbocycles. The molecule has 0 amide bonds. The number of aryl methyl sites for hydroxylation is 3. The first-order valence-corrected chi connectivity index (χ1v) is 7.80. The highest BCUT2D eigenvalue weighted by molar-refractivity contribution is 5.48. The fraction of sp³-hybridized carbons (Fsp3) is 0.353. The molecular formula is C17H18F3N5. The van der Waals surface area contributed by atoms with E-state index in [0.717, 1.165) is 21.2 Å². The number of nitrogens with one attached hydrogen (secondary N) is 1. The van der Waals surface area contributed by atoms with E-state index >= 15 is 0 Å². The second kappa shape index (κ2) is 6.02. The van der Waals surface area contributed by atoms with E-state index in [2.05, 4.69) is 26.4 Å². The second-order valence-corrected chi connectivity index (χ2v) is 6.15. The number of alkyl halides is 3.